The maximum atomic E-state index is 11.9. The van der Waals surface area contributed by atoms with Crippen molar-refractivity contribution >= 4 is 17.3 Å². The topological polar surface area (TPSA) is 77.8 Å². The summed E-state index contributed by atoms with van der Waals surface area (Å²) >= 11 is 0. The zero-order valence-electron chi connectivity index (χ0n) is 12.6. The minimum absolute atomic E-state index is 0.168. The Morgan fingerprint density at radius 3 is 2.41 bits per heavy atom. The highest BCUT2D eigenvalue weighted by Gasteiger charge is 2.07. The summed E-state index contributed by atoms with van der Waals surface area (Å²) in [4.78, 5) is 16.0. The number of amides is 1. The third kappa shape index (κ3) is 4.32. The highest BCUT2D eigenvalue weighted by atomic mass is 16.1. The molecule has 2 rings (SSSR count). The molecule has 0 fully saturated rings. The molecule has 0 aliphatic heterocycles. The number of carbonyl (C=O) groups is 1. The van der Waals surface area contributed by atoms with E-state index in [4.69, 9.17) is 5.26 Å². The molecule has 0 saturated heterocycles. The number of nitrogens with zero attached hydrogens (tertiary/aromatic N) is 2. The van der Waals surface area contributed by atoms with Gasteiger partial charge in [-0.1, -0.05) is 13.8 Å². The first-order valence-electron chi connectivity index (χ1n) is 7.10. The number of anilines is 2. The van der Waals surface area contributed by atoms with Crippen molar-refractivity contribution in [2.24, 2.45) is 5.92 Å². The van der Waals surface area contributed by atoms with Crippen LogP contribution >= 0.6 is 0 Å². The summed E-state index contributed by atoms with van der Waals surface area (Å²) in [5.41, 5.74) is 2.65. The van der Waals surface area contributed by atoms with E-state index in [1.165, 1.54) is 0 Å². The molecular formula is C17H18N4O. The van der Waals surface area contributed by atoms with Crippen LogP contribution in [0.4, 0.5) is 11.4 Å². The molecule has 0 spiro atoms. The van der Waals surface area contributed by atoms with E-state index in [1.54, 1.807) is 30.5 Å². The molecule has 0 bridgehead atoms. The highest BCUT2D eigenvalue weighted by Crippen LogP contribution is 2.16. The van der Waals surface area contributed by atoms with Crippen molar-refractivity contribution < 1.29 is 4.79 Å². The van der Waals surface area contributed by atoms with E-state index in [-0.39, 0.29) is 5.91 Å². The second kappa shape index (κ2) is 7.23. The van der Waals surface area contributed by atoms with Gasteiger partial charge in [-0.3, -0.25) is 4.79 Å². The van der Waals surface area contributed by atoms with Crippen LogP contribution in [0, 0.1) is 17.2 Å². The molecule has 5 heteroatoms. The van der Waals surface area contributed by atoms with Gasteiger partial charge in [0.15, 0.2) is 0 Å². The van der Waals surface area contributed by atoms with Gasteiger partial charge < -0.3 is 10.6 Å². The van der Waals surface area contributed by atoms with E-state index in [0.29, 0.717) is 23.7 Å². The Balaban J connectivity index is 1.99. The fourth-order valence-corrected chi connectivity index (χ4v) is 1.78. The zero-order valence-corrected chi connectivity index (χ0v) is 12.6. The average Bonchev–Trinajstić information content (AvgIpc) is 2.54. The Bertz CT molecular complexity index is 669. The van der Waals surface area contributed by atoms with Crippen LogP contribution in [-0.4, -0.2) is 17.4 Å². The van der Waals surface area contributed by atoms with Gasteiger partial charge in [0.2, 0.25) is 0 Å². The first-order valence-corrected chi connectivity index (χ1v) is 7.10. The molecule has 0 aliphatic rings. The quantitative estimate of drug-likeness (QED) is 0.888. The number of benzene rings is 1. The Morgan fingerprint density at radius 1 is 1.18 bits per heavy atom. The number of hydrogen-bond donors (Lipinski definition) is 2. The number of aromatic nitrogens is 1. The third-order valence-electron chi connectivity index (χ3n) is 2.97. The van der Waals surface area contributed by atoms with Crippen molar-refractivity contribution in [3.8, 4) is 6.07 Å². The van der Waals surface area contributed by atoms with Gasteiger partial charge in [-0.2, -0.15) is 5.26 Å². The summed E-state index contributed by atoms with van der Waals surface area (Å²) in [6, 6.07) is 12.7. The molecule has 0 saturated carbocycles. The van der Waals surface area contributed by atoms with Crippen LogP contribution in [0.15, 0.2) is 42.6 Å². The van der Waals surface area contributed by atoms with Crippen LogP contribution in [0.1, 0.15) is 29.9 Å². The van der Waals surface area contributed by atoms with Crippen molar-refractivity contribution in [3.63, 3.8) is 0 Å². The number of carbonyl (C=O) groups excluding carboxylic acids is 1. The van der Waals surface area contributed by atoms with Crippen LogP contribution in [0.5, 0.6) is 0 Å². The van der Waals surface area contributed by atoms with Gasteiger partial charge in [0, 0.05) is 12.2 Å². The molecule has 2 aromatic rings. The van der Waals surface area contributed by atoms with E-state index < -0.39 is 0 Å². The molecule has 0 atom stereocenters. The van der Waals surface area contributed by atoms with E-state index in [9.17, 15) is 4.79 Å². The van der Waals surface area contributed by atoms with Crippen LogP contribution in [0.25, 0.3) is 0 Å². The lowest BCUT2D eigenvalue weighted by Gasteiger charge is -2.09. The molecule has 2 N–H and O–H groups in total. The first-order chi connectivity index (χ1) is 10.6. The van der Waals surface area contributed by atoms with E-state index in [2.05, 4.69) is 21.7 Å². The monoisotopic (exact) mass is 294 g/mol. The molecule has 1 aromatic carbocycles. The molecule has 0 aliphatic carbocycles. The second-order valence-corrected chi connectivity index (χ2v) is 5.35. The van der Waals surface area contributed by atoms with E-state index in [1.807, 2.05) is 26.0 Å². The van der Waals surface area contributed by atoms with Crippen molar-refractivity contribution in [2.75, 3.05) is 11.9 Å². The molecule has 0 unspecified atom stereocenters. The SMILES string of the molecule is CC(C)CNC(=O)c1ccc(Nc2ccc(C#N)cc2)cn1. The maximum Gasteiger partial charge on any atom is 0.269 e. The lowest BCUT2D eigenvalue weighted by Crippen LogP contribution is -2.27. The summed E-state index contributed by atoms with van der Waals surface area (Å²) in [5, 5.41) is 14.8. The second-order valence-electron chi connectivity index (χ2n) is 5.35. The van der Waals surface area contributed by atoms with Gasteiger partial charge in [-0.15, -0.1) is 0 Å². The summed E-state index contributed by atoms with van der Waals surface area (Å²) in [7, 11) is 0. The van der Waals surface area contributed by atoms with E-state index >= 15 is 0 Å². The Labute approximate surface area is 130 Å². The molecular weight excluding hydrogens is 276 g/mol. The summed E-state index contributed by atoms with van der Waals surface area (Å²) in [5.74, 6) is 0.236. The molecule has 1 heterocycles. The summed E-state index contributed by atoms with van der Waals surface area (Å²) < 4.78 is 0. The Hall–Kier alpha value is -2.87. The van der Waals surface area contributed by atoms with Gasteiger partial charge in [-0.05, 0) is 42.3 Å². The molecule has 22 heavy (non-hydrogen) atoms. The largest absolute Gasteiger partial charge is 0.354 e. The minimum atomic E-state index is -0.168. The highest BCUT2D eigenvalue weighted by molar-refractivity contribution is 5.92. The fraction of sp³-hybridized carbons (Fsp3) is 0.235. The first kappa shape index (κ1) is 15.5. The molecule has 1 amide bonds. The van der Waals surface area contributed by atoms with Crippen molar-refractivity contribution in [2.45, 2.75) is 13.8 Å². The van der Waals surface area contributed by atoms with Crippen molar-refractivity contribution in [1.82, 2.24) is 10.3 Å². The normalized spacial score (nSPS) is 10.1. The average molecular weight is 294 g/mol. The summed E-state index contributed by atoms with van der Waals surface area (Å²) in [6.45, 7) is 4.71. The number of hydrogen-bond acceptors (Lipinski definition) is 4. The van der Waals surface area contributed by atoms with Gasteiger partial charge in [-0.25, -0.2) is 4.98 Å². The third-order valence-corrected chi connectivity index (χ3v) is 2.97. The lowest BCUT2D eigenvalue weighted by atomic mass is 10.2. The van der Waals surface area contributed by atoms with Crippen LogP contribution in [0.3, 0.4) is 0 Å². The number of nitrogens with one attached hydrogen (secondary N) is 2. The van der Waals surface area contributed by atoms with Crippen molar-refractivity contribution in [3.05, 3.63) is 53.9 Å². The Kier molecular flexibility index (Phi) is 5.10. The van der Waals surface area contributed by atoms with Gasteiger partial charge in [0.05, 0.1) is 23.5 Å². The van der Waals surface area contributed by atoms with Crippen LogP contribution < -0.4 is 10.6 Å². The zero-order chi connectivity index (χ0) is 15.9. The minimum Gasteiger partial charge on any atom is -0.354 e. The van der Waals surface area contributed by atoms with Crippen LogP contribution in [0.2, 0.25) is 0 Å². The lowest BCUT2D eigenvalue weighted by molar-refractivity contribution is 0.0944. The van der Waals surface area contributed by atoms with Crippen molar-refractivity contribution in [1.29, 1.82) is 5.26 Å². The maximum absolute atomic E-state index is 11.9. The number of rotatable bonds is 5. The molecule has 1 aromatic heterocycles. The fourth-order valence-electron chi connectivity index (χ4n) is 1.78. The molecule has 0 radical (unpaired) electrons. The number of pyridine rings is 1. The predicted molar refractivity (Wildman–Crippen MR) is 85.8 cm³/mol. The van der Waals surface area contributed by atoms with E-state index in [0.717, 1.165) is 11.4 Å². The van der Waals surface area contributed by atoms with Gasteiger partial charge >= 0.3 is 0 Å². The smallest absolute Gasteiger partial charge is 0.269 e. The van der Waals surface area contributed by atoms with Gasteiger partial charge in [0.25, 0.3) is 5.91 Å². The standard InChI is InChI=1S/C17H18N4O/c1-12(2)10-20-17(22)16-8-7-15(11-19-16)21-14-5-3-13(9-18)4-6-14/h3-8,11-12,21H,10H2,1-2H3,(H,20,22). The molecule has 112 valence electrons. The van der Waals surface area contributed by atoms with Crippen LogP contribution in [-0.2, 0) is 0 Å². The van der Waals surface area contributed by atoms with Gasteiger partial charge in [0.1, 0.15) is 5.69 Å². The summed E-state index contributed by atoms with van der Waals surface area (Å²) in [6.07, 6.45) is 1.61. The predicted octanol–water partition coefficient (Wildman–Crippen LogP) is 3.08. The molecule has 5 nitrogen and oxygen atoms in total. The Morgan fingerprint density at radius 2 is 1.86 bits per heavy atom. The number of nitriles is 1.